The molecule has 0 aliphatic rings. The molecule has 0 unspecified atom stereocenters. The van der Waals surface area contributed by atoms with E-state index >= 15 is 0 Å². The Labute approximate surface area is 183 Å². The second-order valence-electron chi connectivity index (χ2n) is 6.31. The Hall–Kier alpha value is -3.81. The summed E-state index contributed by atoms with van der Waals surface area (Å²) in [5, 5.41) is 4.82. The number of rotatable bonds is 7. The molecular weight excluding hydrogens is 477 g/mol. The molecule has 0 aliphatic heterocycles. The van der Waals surface area contributed by atoms with Gasteiger partial charge in [0.25, 0.3) is 10.0 Å². The summed E-state index contributed by atoms with van der Waals surface area (Å²) in [6.07, 6.45) is 1.40. The third kappa shape index (κ3) is 5.00. The van der Waals surface area contributed by atoms with Crippen molar-refractivity contribution < 1.29 is 44.3 Å². The minimum Gasteiger partial charge on any atom is -0.495 e. The molecule has 176 valence electrons. The van der Waals surface area contributed by atoms with Crippen LogP contribution in [-0.2, 0) is 16.6 Å². The lowest BCUT2D eigenvalue weighted by Gasteiger charge is -2.15. The summed E-state index contributed by atoms with van der Waals surface area (Å²) >= 11 is 0. The van der Waals surface area contributed by atoms with E-state index in [9.17, 15) is 35.2 Å². The molecule has 0 atom stereocenters. The Morgan fingerprint density at radius 3 is 2.21 bits per heavy atom. The van der Waals surface area contributed by atoms with Crippen molar-refractivity contribution in [3.63, 3.8) is 0 Å². The van der Waals surface area contributed by atoms with Gasteiger partial charge in [-0.25, -0.2) is 35.2 Å². The molecular formula is C19H14F5N3O5S. The number of ether oxygens (including phenoxy) is 1. The monoisotopic (exact) mass is 491 g/mol. The molecule has 0 radical (unpaired) electrons. The minimum absolute atomic E-state index is 0.0215. The first-order valence-corrected chi connectivity index (χ1v) is 10.3. The van der Waals surface area contributed by atoms with Crippen LogP contribution in [-0.4, -0.2) is 21.6 Å². The predicted molar refractivity (Wildman–Crippen MR) is 105 cm³/mol. The number of anilines is 2. The molecule has 14 heteroatoms. The third-order valence-electron chi connectivity index (χ3n) is 4.14. The summed E-state index contributed by atoms with van der Waals surface area (Å²) in [6.45, 7) is 0.0215. The normalized spacial score (nSPS) is 11.2. The van der Waals surface area contributed by atoms with Crippen LogP contribution >= 0.6 is 0 Å². The number of benzene rings is 2. The van der Waals surface area contributed by atoms with E-state index in [0.29, 0.717) is 5.76 Å². The molecule has 2 amide bonds. The van der Waals surface area contributed by atoms with Gasteiger partial charge < -0.3 is 19.8 Å². The van der Waals surface area contributed by atoms with Crippen LogP contribution in [0.4, 0.5) is 38.1 Å². The zero-order chi connectivity index (χ0) is 24.3. The maximum atomic E-state index is 13.9. The van der Waals surface area contributed by atoms with Crippen molar-refractivity contribution in [1.82, 2.24) is 5.32 Å². The molecule has 33 heavy (non-hydrogen) atoms. The van der Waals surface area contributed by atoms with E-state index in [0.717, 1.165) is 12.1 Å². The average molecular weight is 491 g/mol. The number of hydrogen-bond acceptors (Lipinski definition) is 5. The van der Waals surface area contributed by atoms with Crippen molar-refractivity contribution in [3.05, 3.63) is 71.4 Å². The lowest BCUT2D eigenvalue weighted by atomic mass is 10.2. The number of methoxy groups -OCH3 is 1. The molecule has 0 bridgehead atoms. The lowest BCUT2D eigenvalue weighted by Crippen LogP contribution is -2.28. The van der Waals surface area contributed by atoms with Gasteiger partial charge in [-0.1, -0.05) is 0 Å². The molecule has 0 saturated heterocycles. The zero-order valence-electron chi connectivity index (χ0n) is 16.5. The smallest absolute Gasteiger partial charge is 0.319 e. The summed E-state index contributed by atoms with van der Waals surface area (Å²) in [5.41, 5.74) is -0.451. The highest BCUT2D eigenvalue weighted by Gasteiger charge is 2.33. The maximum absolute atomic E-state index is 13.9. The SMILES string of the molecule is COc1ccc(NS(=O)(=O)c2c(F)c(F)c(F)c(F)c2F)cc1NC(=O)NCc1ccco1. The van der Waals surface area contributed by atoms with Gasteiger partial charge in [0.15, 0.2) is 28.2 Å². The molecule has 1 aromatic heterocycles. The van der Waals surface area contributed by atoms with E-state index in [1.165, 1.54) is 19.4 Å². The van der Waals surface area contributed by atoms with Crippen LogP contribution in [0.15, 0.2) is 45.9 Å². The number of sulfonamides is 1. The van der Waals surface area contributed by atoms with Crippen LogP contribution in [0.5, 0.6) is 5.75 Å². The fraction of sp³-hybridized carbons (Fsp3) is 0.105. The molecule has 2 aromatic carbocycles. The molecule has 3 aromatic rings. The van der Waals surface area contributed by atoms with E-state index in [-0.39, 0.29) is 23.7 Å². The summed E-state index contributed by atoms with van der Waals surface area (Å²) in [6, 6.07) is 5.75. The first kappa shape index (κ1) is 23.8. The van der Waals surface area contributed by atoms with E-state index in [1.807, 2.05) is 0 Å². The molecule has 1 heterocycles. The molecule has 0 aliphatic carbocycles. The van der Waals surface area contributed by atoms with E-state index in [1.54, 1.807) is 16.9 Å². The zero-order valence-corrected chi connectivity index (χ0v) is 17.3. The Kier molecular flexibility index (Phi) is 6.76. The maximum Gasteiger partial charge on any atom is 0.319 e. The van der Waals surface area contributed by atoms with Gasteiger partial charge in [0.05, 0.1) is 31.3 Å². The molecule has 3 rings (SSSR count). The highest BCUT2D eigenvalue weighted by molar-refractivity contribution is 7.92. The number of halogens is 5. The van der Waals surface area contributed by atoms with Crippen molar-refractivity contribution in [2.24, 2.45) is 0 Å². The van der Waals surface area contributed by atoms with Crippen LogP contribution in [0, 0.1) is 29.1 Å². The van der Waals surface area contributed by atoms with Gasteiger partial charge in [0, 0.05) is 0 Å². The molecule has 0 saturated carbocycles. The van der Waals surface area contributed by atoms with E-state index in [2.05, 4.69) is 10.6 Å². The predicted octanol–water partition coefficient (Wildman–Crippen LogP) is 4.11. The van der Waals surface area contributed by atoms with Crippen LogP contribution in [0.1, 0.15) is 5.76 Å². The highest BCUT2D eigenvalue weighted by Crippen LogP contribution is 2.31. The lowest BCUT2D eigenvalue weighted by molar-refractivity contribution is 0.250. The number of urea groups is 1. The Morgan fingerprint density at radius 1 is 1.00 bits per heavy atom. The highest BCUT2D eigenvalue weighted by atomic mass is 32.2. The minimum atomic E-state index is -5.27. The standard InChI is InChI=1S/C19H14F5N3O5S/c1-31-12-5-4-9(7-11(12)26-19(28)25-8-10-3-2-6-32-10)27-33(29,30)18-16(23)14(21)13(20)15(22)17(18)24/h2-7,27H,8H2,1H3,(H2,25,26,28). The van der Waals surface area contributed by atoms with Gasteiger partial charge in [-0.05, 0) is 30.3 Å². The van der Waals surface area contributed by atoms with Crippen molar-refractivity contribution >= 4 is 27.4 Å². The summed E-state index contributed by atoms with van der Waals surface area (Å²) in [5.74, 6) is -11.9. The van der Waals surface area contributed by atoms with E-state index < -0.39 is 50.0 Å². The number of carbonyl (C=O) groups is 1. The number of nitrogens with one attached hydrogen (secondary N) is 3. The summed E-state index contributed by atoms with van der Waals surface area (Å²) in [4.78, 5) is 10.1. The first-order chi connectivity index (χ1) is 15.5. The van der Waals surface area contributed by atoms with Crippen molar-refractivity contribution in [3.8, 4) is 5.75 Å². The van der Waals surface area contributed by atoms with Crippen LogP contribution in [0.25, 0.3) is 0 Å². The van der Waals surface area contributed by atoms with Gasteiger partial charge in [-0.15, -0.1) is 0 Å². The van der Waals surface area contributed by atoms with Crippen molar-refractivity contribution in [2.75, 3.05) is 17.1 Å². The van der Waals surface area contributed by atoms with Crippen molar-refractivity contribution in [2.45, 2.75) is 11.4 Å². The van der Waals surface area contributed by atoms with Crippen LogP contribution < -0.4 is 20.1 Å². The van der Waals surface area contributed by atoms with Gasteiger partial charge >= 0.3 is 6.03 Å². The Balaban J connectivity index is 1.86. The van der Waals surface area contributed by atoms with Gasteiger partial charge in [-0.2, -0.15) is 0 Å². The van der Waals surface area contributed by atoms with E-state index in [4.69, 9.17) is 9.15 Å². The van der Waals surface area contributed by atoms with Crippen molar-refractivity contribution in [1.29, 1.82) is 0 Å². The fourth-order valence-electron chi connectivity index (χ4n) is 2.64. The number of hydrogen-bond donors (Lipinski definition) is 3. The second-order valence-corrected chi connectivity index (χ2v) is 7.93. The van der Waals surface area contributed by atoms with Gasteiger partial charge in [0.1, 0.15) is 11.5 Å². The Bertz CT molecular complexity index is 1270. The van der Waals surface area contributed by atoms with Gasteiger partial charge in [-0.3, -0.25) is 4.72 Å². The Morgan fingerprint density at radius 2 is 1.64 bits per heavy atom. The average Bonchev–Trinajstić information content (AvgIpc) is 3.28. The van der Waals surface area contributed by atoms with Gasteiger partial charge in [0.2, 0.25) is 5.82 Å². The first-order valence-electron chi connectivity index (χ1n) is 8.84. The summed E-state index contributed by atoms with van der Waals surface area (Å²) < 4.78 is 105. The molecule has 8 nitrogen and oxygen atoms in total. The number of furan rings is 1. The van der Waals surface area contributed by atoms with Crippen LogP contribution in [0.3, 0.4) is 0 Å². The molecule has 3 N–H and O–H groups in total. The third-order valence-corrected chi connectivity index (χ3v) is 5.54. The summed E-state index contributed by atoms with van der Waals surface area (Å²) in [7, 11) is -4.02. The second kappa shape index (κ2) is 9.36. The molecule has 0 fully saturated rings. The fourth-order valence-corrected chi connectivity index (χ4v) is 3.83. The molecule has 0 spiro atoms. The number of carbonyl (C=O) groups excluding carboxylic acids is 1. The number of amides is 2. The van der Waals surface area contributed by atoms with Crippen LogP contribution in [0.2, 0.25) is 0 Å². The quantitative estimate of drug-likeness (QED) is 0.262. The topological polar surface area (TPSA) is 110 Å². The largest absolute Gasteiger partial charge is 0.495 e.